The molecule has 1 aliphatic rings. The summed E-state index contributed by atoms with van der Waals surface area (Å²) in [7, 11) is 1.20. The summed E-state index contributed by atoms with van der Waals surface area (Å²) < 4.78 is 30.9. The molecule has 3 amide bonds. The van der Waals surface area contributed by atoms with Crippen LogP contribution in [-0.4, -0.2) is 121 Å². The summed E-state index contributed by atoms with van der Waals surface area (Å²) in [6.45, 7) is 1.19. The first-order valence-corrected chi connectivity index (χ1v) is 15.6. The van der Waals surface area contributed by atoms with Gasteiger partial charge in [0.05, 0.1) is 46.8 Å². The molecule has 0 spiro atoms. The number of nitrogens with one attached hydrogen (secondary N) is 3. The van der Waals surface area contributed by atoms with Gasteiger partial charge in [-0.15, -0.1) is 0 Å². The van der Waals surface area contributed by atoms with Crippen molar-refractivity contribution < 1.29 is 57.5 Å². The molecule has 0 bridgehead atoms. The quantitative estimate of drug-likeness (QED) is 0.0974. The van der Waals surface area contributed by atoms with E-state index in [0.717, 1.165) is 22.3 Å². The van der Waals surface area contributed by atoms with Crippen molar-refractivity contribution in [2.75, 3.05) is 79.7 Å². The first-order chi connectivity index (χ1) is 23.3. The Bertz CT molecular complexity index is 1310. The topological polar surface area (TPSA) is 197 Å². The van der Waals surface area contributed by atoms with E-state index >= 15 is 0 Å². The van der Waals surface area contributed by atoms with Crippen molar-refractivity contribution in [2.45, 2.75) is 24.8 Å². The second-order valence-electron chi connectivity index (χ2n) is 10.5. The SMILES string of the molecule is COC(=O)[C@H](CCC(=O)NCCOCCOCC(=O)NCCOCCOCC(=O)O)NC(=O)OCC1c2ccccc2-c2ccccc21. The van der Waals surface area contributed by atoms with Gasteiger partial charge in [-0.3, -0.25) is 9.59 Å². The van der Waals surface area contributed by atoms with E-state index in [1.807, 2.05) is 48.5 Å². The molecule has 4 N–H and O–H groups in total. The maximum atomic E-state index is 12.7. The van der Waals surface area contributed by atoms with Crippen LogP contribution in [0.1, 0.15) is 29.9 Å². The third-order valence-corrected chi connectivity index (χ3v) is 7.12. The third-order valence-electron chi connectivity index (χ3n) is 7.12. The van der Waals surface area contributed by atoms with Gasteiger partial charge in [0.25, 0.3) is 0 Å². The number of carboxylic acids is 1. The Kier molecular flexibility index (Phi) is 16.8. The Morgan fingerprint density at radius 2 is 1.27 bits per heavy atom. The summed E-state index contributed by atoms with van der Waals surface area (Å²) in [4.78, 5) is 59.3. The number of ether oxygens (including phenoxy) is 6. The van der Waals surface area contributed by atoms with E-state index in [1.54, 1.807) is 0 Å². The molecular formula is C33H43N3O12. The van der Waals surface area contributed by atoms with Crippen LogP contribution in [0.2, 0.25) is 0 Å². The van der Waals surface area contributed by atoms with Crippen molar-refractivity contribution in [2.24, 2.45) is 0 Å². The van der Waals surface area contributed by atoms with Gasteiger partial charge in [0, 0.05) is 25.4 Å². The highest BCUT2D eigenvalue weighted by Gasteiger charge is 2.30. The number of carbonyl (C=O) groups excluding carboxylic acids is 4. The number of esters is 1. The van der Waals surface area contributed by atoms with Crippen LogP contribution in [-0.2, 0) is 47.6 Å². The number of hydrogen-bond acceptors (Lipinski definition) is 11. The van der Waals surface area contributed by atoms with Gasteiger partial charge in [0.1, 0.15) is 25.9 Å². The molecule has 0 unspecified atom stereocenters. The van der Waals surface area contributed by atoms with E-state index < -0.39 is 24.1 Å². The lowest BCUT2D eigenvalue weighted by Gasteiger charge is -2.18. The summed E-state index contributed by atoms with van der Waals surface area (Å²) in [6.07, 6.45) is -0.829. The van der Waals surface area contributed by atoms with Crippen molar-refractivity contribution in [3.8, 4) is 11.1 Å². The highest BCUT2D eigenvalue weighted by Crippen LogP contribution is 2.44. The second kappa shape index (κ2) is 21.3. The van der Waals surface area contributed by atoms with E-state index in [2.05, 4.69) is 16.0 Å². The Balaban J connectivity index is 1.23. The standard InChI is InChI=1S/C33H43N3O12/c1-43-32(41)28(36-33(42)48-20-27-25-8-4-2-6-23(25)24-7-3-5-9-26(24)27)10-11-29(37)34-12-14-44-16-18-46-21-30(38)35-13-15-45-17-19-47-22-31(39)40/h2-9,27-28H,10-22H2,1H3,(H,34,37)(H,35,38)(H,36,42)(H,39,40)/t28-/m0/s1. The summed E-state index contributed by atoms with van der Waals surface area (Å²) >= 11 is 0. The Morgan fingerprint density at radius 3 is 1.85 bits per heavy atom. The molecule has 0 radical (unpaired) electrons. The van der Waals surface area contributed by atoms with E-state index in [4.69, 9.17) is 33.5 Å². The number of benzene rings is 2. The number of alkyl carbamates (subject to hydrolysis) is 1. The molecule has 15 heteroatoms. The fourth-order valence-electron chi connectivity index (χ4n) is 4.88. The fourth-order valence-corrected chi connectivity index (χ4v) is 4.88. The number of hydrogen-bond donors (Lipinski definition) is 4. The first kappa shape index (κ1) is 37.9. The van der Waals surface area contributed by atoms with Crippen LogP contribution in [0.4, 0.5) is 4.79 Å². The molecule has 3 rings (SSSR count). The number of rotatable bonds is 23. The van der Waals surface area contributed by atoms with Crippen molar-refractivity contribution in [3.63, 3.8) is 0 Å². The zero-order chi connectivity index (χ0) is 34.6. The van der Waals surface area contributed by atoms with Crippen LogP contribution in [0.5, 0.6) is 0 Å². The van der Waals surface area contributed by atoms with Crippen molar-refractivity contribution in [3.05, 3.63) is 59.7 Å². The predicted octanol–water partition coefficient (Wildman–Crippen LogP) is 1.23. The summed E-state index contributed by atoms with van der Waals surface area (Å²) in [5, 5.41) is 16.2. The summed E-state index contributed by atoms with van der Waals surface area (Å²) in [6, 6.07) is 14.8. The van der Waals surface area contributed by atoms with E-state index in [-0.39, 0.29) is 103 Å². The normalized spacial score (nSPS) is 12.4. The second-order valence-corrected chi connectivity index (χ2v) is 10.5. The molecule has 48 heavy (non-hydrogen) atoms. The zero-order valence-electron chi connectivity index (χ0n) is 26.9. The maximum absolute atomic E-state index is 12.7. The number of carboxylic acid groups (broad SMARTS) is 1. The van der Waals surface area contributed by atoms with Crippen molar-refractivity contribution in [1.82, 2.24) is 16.0 Å². The molecule has 0 heterocycles. The molecular weight excluding hydrogens is 630 g/mol. The molecule has 0 fully saturated rings. The third kappa shape index (κ3) is 13.3. The number of carbonyl (C=O) groups is 5. The minimum Gasteiger partial charge on any atom is -0.480 e. The van der Waals surface area contributed by atoms with Crippen LogP contribution in [0.15, 0.2) is 48.5 Å². The van der Waals surface area contributed by atoms with Crippen LogP contribution >= 0.6 is 0 Å². The number of methoxy groups -OCH3 is 1. The zero-order valence-corrected chi connectivity index (χ0v) is 26.9. The predicted molar refractivity (Wildman–Crippen MR) is 170 cm³/mol. The minimum atomic E-state index is -1.07. The lowest BCUT2D eigenvalue weighted by atomic mass is 9.98. The van der Waals surface area contributed by atoms with Gasteiger partial charge in [-0.05, 0) is 28.7 Å². The smallest absolute Gasteiger partial charge is 0.407 e. The highest BCUT2D eigenvalue weighted by molar-refractivity contribution is 5.83. The maximum Gasteiger partial charge on any atom is 0.407 e. The average Bonchev–Trinajstić information content (AvgIpc) is 3.40. The van der Waals surface area contributed by atoms with Crippen LogP contribution in [0.3, 0.4) is 0 Å². The molecule has 0 aromatic heterocycles. The van der Waals surface area contributed by atoms with E-state index in [1.165, 1.54) is 7.11 Å². The van der Waals surface area contributed by atoms with Gasteiger partial charge in [-0.1, -0.05) is 48.5 Å². The van der Waals surface area contributed by atoms with E-state index in [9.17, 15) is 24.0 Å². The molecule has 0 saturated heterocycles. The highest BCUT2D eigenvalue weighted by atomic mass is 16.6. The Morgan fingerprint density at radius 1 is 0.729 bits per heavy atom. The molecule has 1 atom stereocenters. The monoisotopic (exact) mass is 673 g/mol. The molecule has 0 saturated carbocycles. The van der Waals surface area contributed by atoms with Crippen LogP contribution in [0, 0.1) is 0 Å². The average molecular weight is 674 g/mol. The molecule has 262 valence electrons. The van der Waals surface area contributed by atoms with Crippen molar-refractivity contribution in [1.29, 1.82) is 0 Å². The Hall–Kier alpha value is -4.57. The van der Waals surface area contributed by atoms with Crippen LogP contribution < -0.4 is 16.0 Å². The number of amides is 3. The Labute approximate surface area is 278 Å². The van der Waals surface area contributed by atoms with E-state index in [0.29, 0.717) is 0 Å². The van der Waals surface area contributed by atoms with Gasteiger partial charge >= 0.3 is 18.0 Å². The van der Waals surface area contributed by atoms with Crippen molar-refractivity contribution >= 4 is 29.8 Å². The largest absolute Gasteiger partial charge is 0.480 e. The molecule has 2 aromatic rings. The minimum absolute atomic E-state index is 0.00674. The van der Waals surface area contributed by atoms with Gasteiger partial charge in [-0.2, -0.15) is 0 Å². The van der Waals surface area contributed by atoms with Gasteiger partial charge in [-0.25, -0.2) is 14.4 Å². The van der Waals surface area contributed by atoms with Crippen LogP contribution in [0.25, 0.3) is 11.1 Å². The molecule has 2 aromatic carbocycles. The number of fused-ring (bicyclic) bond motifs is 3. The van der Waals surface area contributed by atoms with Gasteiger partial charge in [0.15, 0.2) is 0 Å². The summed E-state index contributed by atoms with van der Waals surface area (Å²) in [5.74, 6) is -2.55. The summed E-state index contributed by atoms with van der Waals surface area (Å²) in [5.41, 5.74) is 4.32. The fraction of sp³-hybridized carbons (Fsp3) is 0.485. The lowest BCUT2D eigenvalue weighted by Crippen LogP contribution is -2.43. The number of aliphatic carboxylic acids is 1. The molecule has 0 aliphatic heterocycles. The van der Waals surface area contributed by atoms with Gasteiger partial charge in [0.2, 0.25) is 11.8 Å². The first-order valence-electron chi connectivity index (χ1n) is 15.6. The molecule has 1 aliphatic carbocycles. The molecule has 15 nitrogen and oxygen atoms in total. The van der Waals surface area contributed by atoms with Gasteiger partial charge < -0.3 is 49.5 Å². The lowest BCUT2D eigenvalue weighted by molar-refractivity contribution is -0.144.